The zero-order valence-electron chi connectivity index (χ0n) is 16.8. The fourth-order valence-electron chi connectivity index (χ4n) is 2.46. The van der Waals surface area contributed by atoms with E-state index in [0.29, 0.717) is 18.4 Å². The third kappa shape index (κ3) is 7.95. The number of nitrogens with zero attached hydrogens (tertiary/aromatic N) is 1. The number of alkyl carbamates (subject to hydrolysis) is 1. The standard InChI is InChI=1S/C21H29N3O3/c1-6-21(7-2,15-23-19(26)27-20(3,4)5)24-18(25)12-11-16-9-8-10-17(13-16)14-22/h8-13H,6-7,15H2,1-5H3,(H,23,26)(H,24,25). The van der Waals surface area contributed by atoms with Gasteiger partial charge in [0.05, 0.1) is 17.2 Å². The lowest BCUT2D eigenvalue weighted by atomic mass is 9.92. The number of benzene rings is 1. The highest BCUT2D eigenvalue weighted by atomic mass is 16.6. The van der Waals surface area contributed by atoms with Gasteiger partial charge in [0.15, 0.2) is 0 Å². The van der Waals surface area contributed by atoms with Crippen LogP contribution >= 0.6 is 0 Å². The molecule has 2 N–H and O–H groups in total. The number of amides is 2. The average molecular weight is 371 g/mol. The summed E-state index contributed by atoms with van der Waals surface area (Å²) in [4.78, 5) is 24.3. The van der Waals surface area contributed by atoms with Gasteiger partial charge < -0.3 is 15.4 Å². The summed E-state index contributed by atoms with van der Waals surface area (Å²) in [5.41, 5.74) is 0.173. The number of ether oxygens (including phenoxy) is 1. The molecule has 0 bridgehead atoms. The van der Waals surface area contributed by atoms with Gasteiger partial charge in [-0.25, -0.2) is 4.79 Å². The van der Waals surface area contributed by atoms with E-state index in [1.165, 1.54) is 6.08 Å². The normalized spacial score (nSPS) is 11.7. The number of carbonyl (C=O) groups excluding carboxylic acids is 2. The van der Waals surface area contributed by atoms with Gasteiger partial charge in [-0.15, -0.1) is 0 Å². The van der Waals surface area contributed by atoms with Crippen LogP contribution in [-0.4, -0.2) is 29.7 Å². The van der Waals surface area contributed by atoms with Crippen molar-refractivity contribution in [2.24, 2.45) is 0 Å². The summed E-state index contributed by atoms with van der Waals surface area (Å²) in [5.74, 6) is -0.257. The van der Waals surface area contributed by atoms with Crippen molar-refractivity contribution in [2.75, 3.05) is 6.54 Å². The van der Waals surface area contributed by atoms with E-state index in [9.17, 15) is 9.59 Å². The number of nitriles is 1. The Morgan fingerprint density at radius 1 is 1.22 bits per heavy atom. The molecule has 0 spiro atoms. The highest BCUT2D eigenvalue weighted by molar-refractivity contribution is 5.92. The molecule has 0 aliphatic rings. The van der Waals surface area contributed by atoms with Gasteiger partial charge >= 0.3 is 6.09 Å². The second kappa shape index (κ2) is 9.77. The van der Waals surface area contributed by atoms with Crippen molar-refractivity contribution < 1.29 is 14.3 Å². The van der Waals surface area contributed by atoms with Crippen LogP contribution in [0.1, 0.15) is 58.6 Å². The molecule has 6 nitrogen and oxygen atoms in total. The first kappa shape index (κ1) is 22.2. The first-order valence-corrected chi connectivity index (χ1v) is 9.10. The van der Waals surface area contributed by atoms with Crippen LogP contribution in [0.4, 0.5) is 4.79 Å². The third-order valence-corrected chi connectivity index (χ3v) is 4.15. The summed E-state index contributed by atoms with van der Waals surface area (Å²) in [6, 6.07) is 9.07. The molecule has 0 saturated heterocycles. The van der Waals surface area contributed by atoms with Crippen LogP contribution in [0.15, 0.2) is 30.3 Å². The second-order valence-electron chi connectivity index (χ2n) is 7.40. The van der Waals surface area contributed by atoms with E-state index in [0.717, 1.165) is 5.56 Å². The first-order valence-electron chi connectivity index (χ1n) is 9.10. The molecule has 0 aliphatic carbocycles. The average Bonchev–Trinajstić information content (AvgIpc) is 2.62. The fraction of sp³-hybridized carbons (Fsp3) is 0.476. The molecule has 6 heteroatoms. The van der Waals surface area contributed by atoms with Crippen LogP contribution in [-0.2, 0) is 9.53 Å². The lowest BCUT2D eigenvalue weighted by molar-refractivity contribution is -0.118. The van der Waals surface area contributed by atoms with Gasteiger partial charge in [-0.1, -0.05) is 26.0 Å². The molecule has 1 aromatic rings. The highest BCUT2D eigenvalue weighted by Crippen LogP contribution is 2.15. The maximum atomic E-state index is 12.4. The minimum absolute atomic E-state index is 0.257. The zero-order valence-corrected chi connectivity index (χ0v) is 16.8. The SMILES string of the molecule is CCC(CC)(CNC(=O)OC(C)(C)C)NC(=O)C=Cc1cccc(C#N)c1. The van der Waals surface area contributed by atoms with Crippen LogP contribution < -0.4 is 10.6 Å². The molecule has 2 amide bonds. The Bertz CT molecular complexity index is 723. The molecule has 0 aromatic heterocycles. The number of rotatable bonds is 7. The Morgan fingerprint density at radius 2 is 1.89 bits per heavy atom. The minimum atomic E-state index is -0.574. The molecule has 0 radical (unpaired) electrons. The van der Waals surface area contributed by atoms with Crippen LogP contribution in [0, 0.1) is 11.3 Å². The Hall–Kier alpha value is -2.81. The van der Waals surface area contributed by atoms with E-state index in [1.807, 2.05) is 19.9 Å². The van der Waals surface area contributed by atoms with Crippen molar-refractivity contribution in [3.63, 3.8) is 0 Å². The molecular weight excluding hydrogens is 342 g/mol. The Kier molecular flexibility index (Phi) is 8.04. The smallest absolute Gasteiger partial charge is 0.407 e. The van der Waals surface area contributed by atoms with Gasteiger partial charge in [0, 0.05) is 12.6 Å². The zero-order chi connectivity index (χ0) is 20.5. The Morgan fingerprint density at radius 3 is 2.44 bits per heavy atom. The quantitative estimate of drug-likeness (QED) is 0.714. The van der Waals surface area contributed by atoms with Gasteiger partial charge in [0.25, 0.3) is 0 Å². The fourth-order valence-corrected chi connectivity index (χ4v) is 2.46. The molecule has 0 heterocycles. The summed E-state index contributed by atoms with van der Waals surface area (Å²) in [6.45, 7) is 9.59. The van der Waals surface area contributed by atoms with Crippen molar-refractivity contribution in [1.29, 1.82) is 5.26 Å². The molecular formula is C21H29N3O3. The van der Waals surface area contributed by atoms with Gasteiger partial charge in [-0.05, 0) is 57.4 Å². The molecule has 146 valence electrons. The van der Waals surface area contributed by atoms with E-state index in [1.54, 1.807) is 45.0 Å². The summed E-state index contributed by atoms with van der Waals surface area (Å²) in [6.07, 6.45) is 3.90. The third-order valence-electron chi connectivity index (χ3n) is 4.15. The van der Waals surface area contributed by atoms with Crippen LogP contribution in [0.2, 0.25) is 0 Å². The maximum Gasteiger partial charge on any atom is 0.407 e. The molecule has 0 fully saturated rings. The van der Waals surface area contributed by atoms with Crippen LogP contribution in [0.25, 0.3) is 6.08 Å². The number of hydrogen-bond acceptors (Lipinski definition) is 4. The Balaban J connectivity index is 2.74. The lowest BCUT2D eigenvalue weighted by Gasteiger charge is -2.33. The van der Waals surface area contributed by atoms with Crippen molar-refractivity contribution >= 4 is 18.1 Å². The lowest BCUT2D eigenvalue weighted by Crippen LogP contribution is -2.55. The largest absolute Gasteiger partial charge is 0.444 e. The summed E-state index contributed by atoms with van der Waals surface area (Å²) in [5, 5.41) is 14.7. The van der Waals surface area contributed by atoms with Gasteiger partial charge in [0.2, 0.25) is 5.91 Å². The van der Waals surface area contributed by atoms with E-state index in [-0.39, 0.29) is 12.5 Å². The maximum absolute atomic E-state index is 12.4. The van der Waals surface area contributed by atoms with Gasteiger partial charge in [0.1, 0.15) is 5.60 Å². The van der Waals surface area contributed by atoms with Crippen molar-refractivity contribution in [2.45, 2.75) is 58.6 Å². The van der Waals surface area contributed by atoms with Gasteiger partial charge in [-0.3, -0.25) is 4.79 Å². The predicted molar refractivity (Wildman–Crippen MR) is 106 cm³/mol. The summed E-state index contributed by atoms with van der Waals surface area (Å²) >= 11 is 0. The minimum Gasteiger partial charge on any atom is -0.444 e. The summed E-state index contributed by atoms with van der Waals surface area (Å²) in [7, 11) is 0. The molecule has 0 unspecified atom stereocenters. The van der Waals surface area contributed by atoms with Crippen LogP contribution in [0.5, 0.6) is 0 Å². The second-order valence-corrected chi connectivity index (χ2v) is 7.40. The highest BCUT2D eigenvalue weighted by Gasteiger charge is 2.29. The van der Waals surface area contributed by atoms with Gasteiger partial charge in [-0.2, -0.15) is 5.26 Å². The molecule has 1 rings (SSSR count). The van der Waals surface area contributed by atoms with Crippen LogP contribution in [0.3, 0.4) is 0 Å². The topological polar surface area (TPSA) is 91.2 Å². The van der Waals surface area contributed by atoms with Crippen molar-refractivity contribution in [1.82, 2.24) is 10.6 Å². The molecule has 0 atom stereocenters. The van der Waals surface area contributed by atoms with E-state index in [4.69, 9.17) is 10.00 Å². The van der Waals surface area contributed by atoms with E-state index >= 15 is 0 Å². The van der Waals surface area contributed by atoms with Crippen molar-refractivity contribution in [3.05, 3.63) is 41.5 Å². The van der Waals surface area contributed by atoms with E-state index < -0.39 is 17.2 Å². The molecule has 0 saturated carbocycles. The number of carbonyl (C=O) groups is 2. The number of hydrogen-bond donors (Lipinski definition) is 2. The van der Waals surface area contributed by atoms with Crippen molar-refractivity contribution in [3.8, 4) is 6.07 Å². The molecule has 27 heavy (non-hydrogen) atoms. The number of nitrogens with one attached hydrogen (secondary N) is 2. The molecule has 0 aliphatic heterocycles. The van der Waals surface area contributed by atoms with E-state index in [2.05, 4.69) is 16.7 Å². The first-order chi connectivity index (χ1) is 12.6. The summed E-state index contributed by atoms with van der Waals surface area (Å²) < 4.78 is 5.25. The Labute approximate surface area is 161 Å². The molecule has 1 aromatic carbocycles. The monoisotopic (exact) mass is 371 g/mol. The predicted octanol–water partition coefficient (Wildman–Crippen LogP) is 3.77.